The molecule has 180 valence electrons. The molecule has 2 aromatic carbocycles. The van der Waals surface area contributed by atoms with Gasteiger partial charge >= 0.3 is 0 Å². The zero-order valence-electron chi connectivity index (χ0n) is 18.9. The Morgan fingerprint density at radius 1 is 1.09 bits per heavy atom. The molecule has 3 aromatic rings. The Kier molecular flexibility index (Phi) is 7.44. The second kappa shape index (κ2) is 10.3. The maximum atomic E-state index is 13.8. The fourth-order valence-electron chi connectivity index (χ4n) is 3.10. The highest BCUT2D eigenvalue weighted by molar-refractivity contribution is 5.99. The first-order valence-electron chi connectivity index (χ1n) is 10.0. The summed E-state index contributed by atoms with van der Waals surface area (Å²) in [6.45, 7) is 3.28. The van der Waals surface area contributed by atoms with E-state index in [1.54, 1.807) is 19.9 Å². The molecule has 0 aliphatic heterocycles. The van der Waals surface area contributed by atoms with Crippen molar-refractivity contribution in [2.24, 2.45) is 0 Å². The van der Waals surface area contributed by atoms with E-state index in [0.717, 1.165) is 16.5 Å². The van der Waals surface area contributed by atoms with E-state index in [9.17, 15) is 22.8 Å². The normalized spacial score (nSPS) is 10.7. The average molecular weight is 477 g/mol. The highest BCUT2D eigenvalue weighted by Gasteiger charge is 2.20. The molecule has 0 unspecified atom stereocenters. The Bertz CT molecular complexity index is 1210. The third-order valence-electron chi connectivity index (χ3n) is 5.00. The van der Waals surface area contributed by atoms with E-state index in [0.29, 0.717) is 29.0 Å². The van der Waals surface area contributed by atoms with E-state index >= 15 is 0 Å². The Labute approximate surface area is 193 Å². The molecule has 0 saturated carbocycles. The number of halogens is 3. The van der Waals surface area contributed by atoms with E-state index in [1.807, 2.05) is 0 Å². The lowest BCUT2D eigenvalue weighted by molar-refractivity contribution is -0.116. The molecule has 0 aliphatic carbocycles. The molecule has 1 heterocycles. The lowest BCUT2D eigenvalue weighted by Crippen LogP contribution is -2.35. The molecule has 1 N–H and O–H groups in total. The fourth-order valence-corrected chi connectivity index (χ4v) is 3.10. The van der Waals surface area contributed by atoms with Crippen LogP contribution in [0.25, 0.3) is 0 Å². The lowest BCUT2D eigenvalue weighted by atomic mass is 10.1. The van der Waals surface area contributed by atoms with Gasteiger partial charge in [-0.15, -0.1) is 0 Å². The van der Waals surface area contributed by atoms with Gasteiger partial charge in [0.25, 0.3) is 5.91 Å². The van der Waals surface area contributed by atoms with Crippen LogP contribution in [0, 0.1) is 31.3 Å². The molecular weight excluding hydrogens is 455 g/mol. The van der Waals surface area contributed by atoms with Gasteiger partial charge in [-0.1, -0.05) is 5.16 Å². The van der Waals surface area contributed by atoms with E-state index in [-0.39, 0.29) is 12.2 Å². The second-order valence-electron chi connectivity index (χ2n) is 7.39. The average Bonchev–Trinajstić information content (AvgIpc) is 3.14. The number of ether oxygens (including phenoxy) is 2. The highest BCUT2D eigenvalue weighted by Crippen LogP contribution is 2.30. The fraction of sp³-hybridized carbons (Fsp3) is 0.261. The summed E-state index contributed by atoms with van der Waals surface area (Å²) in [7, 11) is 2.78. The largest absolute Gasteiger partial charge is 0.493 e. The number of nitrogens with zero attached hydrogens (tertiary/aromatic N) is 2. The minimum absolute atomic E-state index is 0.186. The van der Waals surface area contributed by atoms with E-state index in [2.05, 4.69) is 10.5 Å². The summed E-state index contributed by atoms with van der Waals surface area (Å²) < 4.78 is 56.3. The molecule has 0 saturated heterocycles. The van der Waals surface area contributed by atoms with Crippen molar-refractivity contribution in [1.82, 2.24) is 10.1 Å². The van der Waals surface area contributed by atoms with Crippen molar-refractivity contribution >= 4 is 17.5 Å². The number of carbonyl (C=O) groups excluding carboxylic acids is 2. The van der Waals surface area contributed by atoms with Crippen LogP contribution < -0.4 is 14.8 Å². The molecule has 0 radical (unpaired) electrons. The van der Waals surface area contributed by atoms with Gasteiger partial charge in [0.2, 0.25) is 5.91 Å². The third-order valence-corrected chi connectivity index (χ3v) is 5.00. The number of amides is 2. The van der Waals surface area contributed by atoms with Crippen molar-refractivity contribution in [3.63, 3.8) is 0 Å². The van der Waals surface area contributed by atoms with Gasteiger partial charge < -0.3 is 24.2 Å². The van der Waals surface area contributed by atoms with Gasteiger partial charge in [-0.3, -0.25) is 9.59 Å². The van der Waals surface area contributed by atoms with Crippen LogP contribution in [0.2, 0.25) is 0 Å². The van der Waals surface area contributed by atoms with Crippen molar-refractivity contribution in [3.8, 4) is 11.5 Å². The number of methoxy groups -OCH3 is 1. The van der Waals surface area contributed by atoms with Crippen molar-refractivity contribution < 1.29 is 36.8 Å². The van der Waals surface area contributed by atoms with Crippen LogP contribution >= 0.6 is 0 Å². The van der Waals surface area contributed by atoms with Gasteiger partial charge in [-0.25, -0.2) is 13.2 Å². The van der Waals surface area contributed by atoms with Gasteiger partial charge in [-0.05, 0) is 44.2 Å². The van der Waals surface area contributed by atoms with Gasteiger partial charge in [-0.2, -0.15) is 0 Å². The molecular formula is C23H22F3N3O5. The van der Waals surface area contributed by atoms with E-state index in [1.165, 1.54) is 26.3 Å². The summed E-state index contributed by atoms with van der Waals surface area (Å²) in [5.74, 6) is -4.64. The number of anilines is 1. The number of likely N-dealkylation sites (N-methyl/N-ethyl adjacent to an activating group) is 1. The topological polar surface area (TPSA) is 93.9 Å². The molecule has 34 heavy (non-hydrogen) atoms. The lowest BCUT2D eigenvalue weighted by Gasteiger charge is -2.18. The number of carbonyl (C=O) groups is 2. The number of rotatable bonds is 8. The summed E-state index contributed by atoms with van der Waals surface area (Å²) >= 11 is 0. The predicted octanol–water partition coefficient (Wildman–Crippen LogP) is 4.01. The molecule has 0 atom stereocenters. The third kappa shape index (κ3) is 5.30. The Balaban J connectivity index is 1.66. The summed E-state index contributed by atoms with van der Waals surface area (Å²) in [4.78, 5) is 26.0. The maximum Gasteiger partial charge on any atom is 0.254 e. The SMILES string of the molecule is COc1cc(C(=O)N(C)CC(=O)Nc2ccc(F)c(F)c2F)ccc1OCc1c(C)noc1C. The summed E-state index contributed by atoms with van der Waals surface area (Å²) in [5, 5.41) is 5.98. The number of aromatic nitrogens is 1. The van der Waals surface area contributed by atoms with Crippen LogP contribution in [0.5, 0.6) is 11.5 Å². The van der Waals surface area contributed by atoms with Crippen molar-refractivity contribution in [3.05, 3.63) is 70.4 Å². The number of nitrogens with one attached hydrogen (secondary N) is 1. The van der Waals surface area contributed by atoms with Crippen LogP contribution in [0.3, 0.4) is 0 Å². The number of hydrogen-bond acceptors (Lipinski definition) is 6. The van der Waals surface area contributed by atoms with Crippen LogP contribution in [0.4, 0.5) is 18.9 Å². The number of benzene rings is 2. The number of aryl methyl sites for hydroxylation is 2. The first kappa shape index (κ1) is 24.6. The summed E-state index contributed by atoms with van der Waals surface area (Å²) in [5.41, 5.74) is 1.17. The van der Waals surface area contributed by atoms with E-state index in [4.69, 9.17) is 14.0 Å². The van der Waals surface area contributed by atoms with Gasteiger partial charge in [0.05, 0.1) is 30.6 Å². The van der Waals surface area contributed by atoms with Crippen LogP contribution in [-0.4, -0.2) is 42.6 Å². The summed E-state index contributed by atoms with van der Waals surface area (Å²) in [6.07, 6.45) is 0. The molecule has 0 bridgehead atoms. The molecule has 11 heteroatoms. The minimum Gasteiger partial charge on any atom is -0.493 e. The second-order valence-corrected chi connectivity index (χ2v) is 7.39. The molecule has 0 aliphatic rings. The van der Waals surface area contributed by atoms with Crippen LogP contribution in [0.1, 0.15) is 27.4 Å². The first-order chi connectivity index (χ1) is 16.1. The summed E-state index contributed by atoms with van der Waals surface area (Å²) in [6, 6.07) is 6.07. The van der Waals surface area contributed by atoms with Gasteiger partial charge in [0, 0.05) is 12.6 Å². The maximum absolute atomic E-state index is 13.8. The highest BCUT2D eigenvalue weighted by atomic mass is 19.2. The molecule has 3 rings (SSSR count). The molecule has 0 spiro atoms. The van der Waals surface area contributed by atoms with Crippen LogP contribution in [-0.2, 0) is 11.4 Å². The van der Waals surface area contributed by atoms with Gasteiger partial charge in [0.15, 0.2) is 29.0 Å². The van der Waals surface area contributed by atoms with Gasteiger partial charge in [0.1, 0.15) is 12.4 Å². The van der Waals surface area contributed by atoms with Crippen molar-refractivity contribution in [1.29, 1.82) is 0 Å². The Morgan fingerprint density at radius 3 is 2.47 bits per heavy atom. The standard InChI is InChI=1S/C23H22F3N3O5/c1-12-15(13(2)34-28-12)11-33-18-8-5-14(9-19(18)32-4)23(31)29(3)10-20(30)27-17-7-6-16(24)21(25)22(17)26/h5-9H,10-11H2,1-4H3,(H,27,30). The zero-order chi connectivity index (χ0) is 25.0. The smallest absolute Gasteiger partial charge is 0.254 e. The quantitative estimate of drug-likeness (QED) is 0.493. The predicted molar refractivity (Wildman–Crippen MR) is 115 cm³/mol. The zero-order valence-corrected chi connectivity index (χ0v) is 18.9. The Morgan fingerprint density at radius 2 is 1.82 bits per heavy atom. The monoisotopic (exact) mass is 477 g/mol. The minimum atomic E-state index is -1.70. The van der Waals surface area contributed by atoms with Crippen molar-refractivity contribution in [2.75, 3.05) is 26.0 Å². The molecule has 2 amide bonds. The number of hydrogen-bond donors (Lipinski definition) is 1. The Hall–Kier alpha value is -4.02. The van der Waals surface area contributed by atoms with Crippen LogP contribution in [0.15, 0.2) is 34.9 Å². The molecule has 0 fully saturated rings. The first-order valence-corrected chi connectivity index (χ1v) is 10.0. The van der Waals surface area contributed by atoms with E-state index < -0.39 is 41.5 Å². The molecule has 8 nitrogen and oxygen atoms in total. The molecule has 1 aromatic heterocycles. The van der Waals surface area contributed by atoms with Crippen molar-refractivity contribution in [2.45, 2.75) is 20.5 Å².